The van der Waals surface area contributed by atoms with Crippen LogP contribution in [0.4, 0.5) is 0 Å². The second-order valence-corrected chi connectivity index (χ2v) is 6.74. The lowest BCUT2D eigenvalue weighted by atomic mass is 9.88. The van der Waals surface area contributed by atoms with Gasteiger partial charge in [0, 0.05) is 24.9 Å². The van der Waals surface area contributed by atoms with E-state index >= 15 is 0 Å². The van der Waals surface area contributed by atoms with E-state index in [-0.39, 0.29) is 17.7 Å². The van der Waals surface area contributed by atoms with Crippen molar-refractivity contribution in [3.8, 4) is 0 Å². The molecule has 2 aromatic heterocycles. The molecule has 0 bridgehead atoms. The lowest BCUT2D eigenvalue weighted by Crippen LogP contribution is -2.28. The molecule has 3 aromatic rings. The first-order chi connectivity index (χ1) is 11.7. The van der Waals surface area contributed by atoms with E-state index in [2.05, 4.69) is 37.1 Å². The second kappa shape index (κ2) is 6.12. The molecule has 1 fully saturated rings. The summed E-state index contributed by atoms with van der Waals surface area (Å²) in [6.45, 7) is 3.11. The van der Waals surface area contributed by atoms with Gasteiger partial charge in [-0.2, -0.15) is 9.59 Å². The zero-order chi connectivity index (χ0) is 16.5. The van der Waals surface area contributed by atoms with Crippen molar-refractivity contribution in [3.05, 3.63) is 58.4 Å². The molecule has 1 saturated heterocycles. The van der Waals surface area contributed by atoms with Crippen LogP contribution in [0.15, 0.2) is 36.4 Å². The Labute approximate surface area is 142 Å². The first-order valence-corrected chi connectivity index (χ1v) is 8.50. The molecule has 7 nitrogen and oxygen atoms in total. The van der Waals surface area contributed by atoms with Crippen molar-refractivity contribution in [2.24, 2.45) is 0 Å². The van der Waals surface area contributed by atoms with Crippen LogP contribution < -0.4 is 0 Å². The third-order valence-corrected chi connectivity index (χ3v) is 5.24. The molecule has 3 heterocycles. The summed E-state index contributed by atoms with van der Waals surface area (Å²) in [5.41, 5.74) is 2.06. The zero-order valence-corrected chi connectivity index (χ0v) is 13.9. The number of aromatic amines is 1. The minimum Gasteiger partial charge on any atom is -0.337 e. The maximum absolute atomic E-state index is 12.8. The van der Waals surface area contributed by atoms with E-state index in [4.69, 9.17) is 0 Å². The molecular weight excluding hydrogens is 324 g/mol. The van der Waals surface area contributed by atoms with Gasteiger partial charge >= 0.3 is 0 Å². The van der Waals surface area contributed by atoms with Gasteiger partial charge in [0.25, 0.3) is 5.91 Å². The fourth-order valence-electron chi connectivity index (χ4n) is 3.22. The summed E-state index contributed by atoms with van der Waals surface area (Å²) in [5, 5.41) is 14.5. The van der Waals surface area contributed by atoms with Gasteiger partial charge in [-0.1, -0.05) is 35.5 Å². The Balaban J connectivity index is 1.64. The van der Waals surface area contributed by atoms with Gasteiger partial charge in [0.05, 0.1) is 5.69 Å². The van der Waals surface area contributed by atoms with Crippen molar-refractivity contribution in [1.82, 2.24) is 29.9 Å². The Morgan fingerprint density at radius 2 is 2.04 bits per heavy atom. The van der Waals surface area contributed by atoms with Crippen LogP contribution in [-0.4, -0.2) is 48.9 Å². The van der Waals surface area contributed by atoms with E-state index in [9.17, 15) is 4.79 Å². The van der Waals surface area contributed by atoms with Crippen LogP contribution in [-0.2, 0) is 0 Å². The van der Waals surface area contributed by atoms with E-state index in [1.165, 1.54) is 17.1 Å². The third kappa shape index (κ3) is 2.69. The molecule has 1 amide bonds. The minimum atomic E-state index is 0.0209. The standard InChI is InChI=1S/C16H16N6OS/c1-10-7-14(24-19-10)16(23)22-8-12(11-5-3-2-4-6-11)13(9-22)15-17-20-21-18-15/h2-7,12-13H,8-9H2,1H3,(H,17,18,20,21)/t12-,13+/m1/s1. The fourth-order valence-corrected chi connectivity index (χ4v) is 3.94. The molecule has 24 heavy (non-hydrogen) atoms. The number of aryl methyl sites for hydroxylation is 1. The number of carbonyl (C=O) groups excluding carboxylic acids is 1. The lowest BCUT2D eigenvalue weighted by Gasteiger charge is -2.15. The van der Waals surface area contributed by atoms with Crippen LogP contribution in [0.5, 0.6) is 0 Å². The normalized spacial score (nSPS) is 20.5. The number of hydrogen-bond acceptors (Lipinski definition) is 6. The van der Waals surface area contributed by atoms with Gasteiger partial charge in [0.1, 0.15) is 4.88 Å². The number of hydrogen-bond donors (Lipinski definition) is 1. The minimum absolute atomic E-state index is 0.0209. The first kappa shape index (κ1) is 14.9. The summed E-state index contributed by atoms with van der Waals surface area (Å²) in [5.74, 6) is 0.859. The van der Waals surface area contributed by atoms with Crippen LogP contribution >= 0.6 is 11.5 Å². The Morgan fingerprint density at radius 1 is 1.25 bits per heavy atom. The van der Waals surface area contributed by atoms with Crippen molar-refractivity contribution in [2.75, 3.05) is 13.1 Å². The first-order valence-electron chi connectivity index (χ1n) is 7.73. The molecule has 2 atom stereocenters. The van der Waals surface area contributed by atoms with Gasteiger partial charge in [0.15, 0.2) is 5.82 Å². The van der Waals surface area contributed by atoms with Crippen LogP contribution in [0.3, 0.4) is 0 Å². The summed E-state index contributed by atoms with van der Waals surface area (Å²) < 4.78 is 4.21. The van der Waals surface area contributed by atoms with Crippen molar-refractivity contribution >= 4 is 17.4 Å². The van der Waals surface area contributed by atoms with E-state index in [0.29, 0.717) is 23.8 Å². The molecular formula is C16H16N6OS. The number of amides is 1. The molecule has 1 aromatic carbocycles. The van der Waals surface area contributed by atoms with Gasteiger partial charge in [0.2, 0.25) is 0 Å². The predicted octanol–water partition coefficient (Wildman–Crippen LogP) is 1.99. The lowest BCUT2D eigenvalue weighted by molar-refractivity contribution is 0.0793. The molecule has 1 aliphatic heterocycles. The van der Waals surface area contributed by atoms with Gasteiger partial charge in [-0.05, 0) is 30.1 Å². The van der Waals surface area contributed by atoms with E-state index in [1.54, 1.807) is 0 Å². The number of aromatic nitrogens is 5. The quantitative estimate of drug-likeness (QED) is 0.788. The van der Waals surface area contributed by atoms with Crippen LogP contribution in [0.1, 0.15) is 38.6 Å². The number of rotatable bonds is 3. The van der Waals surface area contributed by atoms with Crippen LogP contribution in [0, 0.1) is 6.92 Å². The van der Waals surface area contributed by atoms with Gasteiger partial charge < -0.3 is 4.90 Å². The van der Waals surface area contributed by atoms with Crippen molar-refractivity contribution in [2.45, 2.75) is 18.8 Å². The summed E-state index contributed by atoms with van der Waals surface area (Å²) >= 11 is 1.25. The molecule has 122 valence electrons. The molecule has 4 rings (SSSR count). The predicted molar refractivity (Wildman–Crippen MR) is 88.9 cm³/mol. The molecule has 8 heteroatoms. The van der Waals surface area contributed by atoms with E-state index in [0.717, 1.165) is 5.69 Å². The number of H-pyrrole nitrogens is 1. The molecule has 0 unspecified atom stereocenters. The van der Waals surface area contributed by atoms with Gasteiger partial charge in [-0.15, -0.1) is 10.2 Å². The summed E-state index contributed by atoms with van der Waals surface area (Å²) in [4.78, 5) is 15.3. The van der Waals surface area contributed by atoms with Crippen molar-refractivity contribution in [3.63, 3.8) is 0 Å². The Hall–Kier alpha value is -2.61. The monoisotopic (exact) mass is 340 g/mol. The fraction of sp³-hybridized carbons (Fsp3) is 0.312. The Morgan fingerprint density at radius 3 is 2.71 bits per heavy atom. The smallest absolute Gasteiger partial charge is 0.265 e. The molecule has 0 saturated carbocycles. The van der Waals surface area contributed by atoms with E-state index < -0.39 is 0 Å². The molecule has 0 radical (unpaired) electrons. The van der Waals surface area contributed by atoms with Crippen LogP contribution in [0.25, 0.3) is 0 Å². The SMILES string of the molecule is Cc1cc(C(=O)N2C[C@H](c3ccccc3)[C@@H](c3nn[nH]n3)C2)sn1. The van der Waals surface area contributed by atoms with E-state index in [1.807, 2.05) is 36.1 Å². The summed E-state index contributed by atoms with van der Waals surface area (Å²) in [7, 11) is 0. The van der Waals surface area contributed by atoms with Crippen molar-refractivity contribution in [1.29, 1.82) is 0 Å². The highest BCUT2D eigenvalue weighted by atomic mass is 32.1. The average molecular weight is 340 g/mol. The highest BCUT2D eigenvalue weighted by Crippen LogP contribution is 2.38. The number of carbonyl (C=O) groups is 1. The topological polar surface area (TPSA) is 87.7 Å². The molecule has 1 aliphatic rings. The highest BCUT2D eigenvalue weighted by molar-refractivity contribution is 7.08. The van der Waals surface area contributed by atoms with Crippen molar-refractivity contribution < 1.29 is 4.79 Å². The largest absolute Gasteiger partial charge is 0.337 e. The summed E-state index contributed by atoms with van der Waals surface area (Å²) in [6, 6.07) is 12.0. The third-order valence-electron chi connectivity index (χ3n) is 4.37. The average Bonchev–Trinajstić information content (AvgIpc) is 3.35. The maximum atomic E-state index is 12.8. The Kier molecular flexibility index (Phi) is 3.81. The number of nitrogens with one attached hydrogen (secondary N) is 1. The zero-order valence-electron chi connectivity index (χ0n) is 13.1. The molecule has 0 aliphatic carbocycles. The summed E-state index contributed by atoms with van der Waals surface area (Å²) in [6.07, 6.45) is 0. The van der Waals surface area contributed by atoms with Gasteiger partial charge in [-0.3, -0.25) is 4.79 Å². The number of benzene rings is 1. The maximum Gasteiger partial charge on any atom is 0.265 e. The Bertz CT molecular complexity index is 831. The molecule has 0 spiro atoms. The van der Waals surface area contributed by atoms with Crippen LogP contribution in [0.2, 0.25) is 0 Å². The molecule has 1 N–H and O–H groups in total. The number of likely N-dealkylation sites (tertiary alicyclic amines) is 1. The number of nitrogens with zero attached hydrogens (tertiary/aromatic N) is 5. The van der Waals surface area contributed by atoms with Gasteiger partial charge in [-0.25, -0.2) is 0 Å². The highest BCUT2D eigenvalue weighted by Gasteiger charge is 2.39. The number of tetrazole rings is 1. The second-order valence-electron chi connectivity index (χ2n) is 5.94.